The van der Waals surface area contributed by atoms with Crippen LogP contribution in [0.25, 0.3) is 0 Å². The molecule has 0 radical (unpaired) electrons. The number of ether oxygens (including phenoxy) is 1. The van der Waals surface area contributed by atoms with Crippen molar-refractivity contribution in [3.05, 3.63) is 0 Å². The Balaban J connectivity index is 0. The molecule has 5 heteroatoms. The zero-order chi connectivity index (χ0) is 6.57. The monoisotopic (exact) mass is 217 g/mol. The Morgan fingerprint density at radius 2 is 2.33 bits per heavy atom. The topological polar surface area (TPSA) is 52.3 Å². The van der Waals surface area contributed by atoms with E-state index in [1.54, 1.807) is 0 Å². The number of rotatable bonds is 2. The summed E-state index contributed by atoms with van der Waals surface area (Å²) in [6, 6.07) is -0.580. The number of carbonyl (C=O) groups excluding carboxylic acids is 1. The van der Waals surface area contributed by atoms with Crippen molar-refractivity contribution in [3.63, 3.8) is 0 Å². The van der Waals surface area contributed by atoms with Crippen molar-refractivity contribution in [2.24, 2.45) is 5.73 Å². The van der Waals surface area contributed by atoms with E-state index in [1.807, 2.05) is 0 Å². The van der Waals surface area contributed by atoms with Crippen LogP contribution in [0.4, 0.5) is 0 Å². The number of methoxy groups -OCH3 is 1. The van der Waals surface area contributed by atoms with Crippen LogP contribution >= 0.6 is 12.6 Å². The summed E-state index contributed by atoms with van der Waals surface area (Å²) in [5.74, 6) is -0.0906. The van der Waals surface area contributed by atoms with Crippen LogP contribution in [0.1, 0.15) is 0 Å². The quantitative estimate of drug-likeness (QED) is 0.335. The molecule has 0 aromatic heterocycles. The van der Waals surface area contributed by atoms with Gasteiger partial charge in [-0.25, -0.2) is 0 Å². The predicted molar refractivity (Wildman–Crippen MR) is 42.4 cm³/mol. The summed E-state index contributed by atoms with van der Waals surface area (Å²) in [6.07, 6.45) is 0. The second kappa shape index (κ2) is 6.42. The van der Waals surface area contributed by atoms with Gasteiger partial charge in [0.1, 0.15) is 6.04 Å². The first-order chi connectivity index (χ1) is 3.72. The summed E-state index contributed by atoms with van der Waals surface area (Å²) in [6.45, 7) is 0. The predicted octanol–water partition coefficient (Wildman–Crippen LogP) is -1.50. The molecular formula is C4H11NO2SSe. The number of hydrogen-bond acceptors (Lipinski definition) is 4. The third-order valence-electron chi connectivity index (χ3n) is 0.701. The number of nitrogens with two attached hydrogens (primary N) is 1. The summed E-state index contributed by atoms with van der Waals surface area (Å²) in [5, 5.41) is 0. The van der Waals surface area contributed by atoms with Gasteiger partial charge in [-0.1, -0.05) is 0 Å². The molecule has 56 valence electrons. The third-order valence-corrected chi connectivity index (χ3v) is 1.09. The fourth-order valence-corrected chi connectivity index (χ4v) is 0.375. The van der Waals surface area contributed by atoms with Crippen molar-refractivity contribution in [1.29, 1.82) is 0 Å². The van der Waals surface area contributed by atoms with E-state index in [1.165, 1.54) is 7.11 Å². The van der Waals surface area contributed by atoms with Gasteiger partial charge < -0.3 is 10.5 Å². The molecule has 2 N–H and O–H groups in total. The van der Waals surface area contributed by atoms with Crippen LogP contribution < -0.4 is 5.73 Å². The first kappa shape index (κ1) is 12.0. The summed E-state index contributed by atoms with van der Waals surface area (Å²) in [4.78, 5) is 10.3. The van der Waals surface area contributed by atoms with Gasteiger partial charge in [0.15, 0.2) is 0 Å². The van der Waals surface area contributed by atoms with Crippen LogP contribution in [0.3, 0.4) is 0 Å². The van der Waals surface area contributed by atoms with E-state index in [2.05, 4.69) is 17.4 Å². The van der Waals surface area contributed by atoms with E-state index >= 15 is 0 Å². The molecular weight excluding hydrogens is 205 g/mol. The molecule has 0 aromatic rings. The first-order valence-corrected chi connectivity index (χ1v) is 2.80. The van der Waals surface area contributed by atoms with E-state index in [0.717, 1.165) is 0 Å². The van der Waals surface area contributed by atoms with Crippen LogP contribution in [0.15, 0.2) is 0 Å². The molecule has 0 bridgehead atoms. The molecule has 0 heterocycles. The van der Waals surface area contributed by atoms with E-state index in [4.69, 9.17) is 5.73 Å². The maximum atomic E-state index is 10.3. The molecule has 0 aliphatic rings. The Kier molecular flexibility index (Phi) is 8.58. The fourth-order valence-electron chi connectivity index (χ4n) is 0.226. The van der Waals surface area contributed by atoms with Gasteiger partial charge in [-0.3, -0.25) is 4.79 Å². The number of thiol groups is 1. The molecule has 1 atom stereocenters. The second-order valence-electron chi connectivity index (χ2n) is 1.31. The molecule has 0 aliphatic carbocycles. The summed E-state index contributed by atoms with van der Waals surface area (Å²) in [5.41, 5.74) is 5.18. The molecule has 9 heavy (non-hydrogen) atoms. The van der Waals surface area contributed by atoms with Gasteiger partial charge >= 0.3 is 23.0 Å². The van der Waals surface area contributed by atoms with Crippen molar-refractivity contribution in [3.8, 4) is 0 Å². The van der Waals surface area contributed by atoms with Crippen LogP contribution in [0, 0.1) is 0 Å². The number of carbonyl (C=O) groups is 1. The zero-order valence-corrected chi connectivity index (χ0v) is 8.12. The SMILES string of the molecule is COC(=O)C(N)CS.[SeH2]. The van der Waals surface area contributed by atoms with Gasteiger partial charge in [-0.2, -0.15) is 12.6 Å². The Morgan fingerprint density at radius 1 is 1.89 bits per heavy atom. The van der Waals surface area contributed by atoms with Gasteiger partial charge in [0.2, 0.25) is 0 Å². The van der Waals surface area contributed by atoms with E-state index in [0.29, 0.717) is 5.75 Å². The minimum absolute atomic E-state index is 0. The van der Waals surface area contributed by atoms with Gasteiger partial charge in [-0.05, 0) is 0 Å². The summed E-state index contributed by atoms with van der Waals surface area (Å²) < 4.78 is 4.29. The Morgan fingerprint density at radius 3 is 2.44 bits per heavy atom. The van der Waals surface area contributed by atoms with E-state index in [-0.39, 0.29) is 17.1 Å². The average molecular weight is 216 g/mol. The molecule has 0 aromatic carbocycles. The Bertz CT molecular complexity index is 90.6. The number of esters is 1. The molecule has 0 saturated carbocycles. The standard InChI is InChI=1S/C4H9NO2S.H2Se/c1-7-4(6)3(5)2-8;/h3,8H,2,5H2,1H3;1H2. The summed E-state index contributed by atoms with van der Waals surface area (Å²) >= 11 is 3.78. The molecule has 3 nitrogen and oxygen atoms in total. The molecule has 0 amide bonds. The van der Waals surface area contributed by atoms with Crippen LogP contribution in [-0.2, 0) is 9.53 Å². The van der Waals surface area contributed by atoms with Gasteiger partial charge in [0.05, 0.1) is 7.11 Å². The molecule has 0 saturated heterocycles. The Hall–Kier alpha value is 0.299. The van der Waals surface area contributed by atoms with Crippen LogP contribution in [0.5, 0.6) is 0 Å². The van der Waals surface area contributed by atoms with Crippen molar-refractivity contribution in [2.45, 2.75) is 6.04 Å². The molecule has 0 spiro atoms. The minimum atomic E-state index is -0.580. The molecule has 1 unspecified atom stereocenters. The fraction of sp³-hybridized carbons (Fsp3) is 0.750. The van der Waals surface area contributed by atoms with E-state index in [9.17, 15) is 4.79 Å². The molecule has 0 aliphatic heterocycles. The van der Waals surface area contributed by atoms with Gasteiger partial charge in [0.25, 0.3) is 0 Å². The van der Waals surface area contributed by atoms with Crippen molar-refractivity contribution in [2.75, 3.05) is 12.9 Å². The second-order valence-corrected chi connectivity index (χ2v) is 1.68. The van der Waals surface area contributed by atoms with Crippen molar-refractivity contribution >= 4 is 35.7 Å². The number of hydrogen-bond donors (Lipinski definition) is 2. The van der Waals surface area contributed by atoms with Gasteiger partial charge in [-0.15, -0.1) is 0 Å². The van der Waals surface area contributed by atoms with E-state index < -0.39 is 12.0 Å². The summed E-state index contributed by atoms with van der Waals surface area (Å²) in [7, 11) is 1.30. The maximum absolute atomic E-state index is 10.3. The Labute approximate surface area is 70.2 Å². The van der Waals surface area contributed by atoms with Crippen molar-refractivity contribution in [1.82, 2.24) is 0 Å². The molecule has 0 fully saturated rings. The van der Waals surface area contributed by atoms with Crippen LogP contribution in [0.2, 0.25) is 0 Å². The average Bonchev–Trinajstić information content (AvgIpc) is 1.84. The van der Waals surface area contributed by atoms with Crippen LogP contribution in [-0.4, -0.2) is 41.9 Å². The van der Waals surface area contributed by atoms with Crippen molar-refractivity contribution < 1.29 is 9.53 Å². The third kappa shape index (κ3) is 4.78. The zero-order valence-electron chi connectivity index (χ0n) is 5.13. The normalized spacial score (nSPS) is 11.4. The first-order valence-electron chi connectivity index (χ1n) is 2.16. The van der Waals surface area contributed by atoms with Gasteiger partial charge in [0, 0.05) is 5.75 Å². The molecule has 0 rings (SSSR count).